The van der Waals surface area contributed by atoms with Gasteiger partial charge in [0, 0.05) is 13.0 Å². The highest BCUT2D eigenvalue weighted by Crippen LogP contribution is 2.21. The van der Waals surface area contributed by atoms with E-state index in [9.17, 15) is 14.7 Å². The summed E-state index contributed by atoms with van der Waals surface area (Å²) in [6.45, 7) is 4.16. The summed E-state index contributed by atoms with van der Waals surface area (Å²) in [5.74, 6) is -0.718. The third-order valence-corrected chi connectivity index (χ3v) is 3.78. The summed E-state index contributed by atoms with van der Waals surface area (Å²) in [4.78, 5) is 23.2. The van der Waals surface area contributed by atoms with Crippen molar-refractivity contribution >= 4 is 11.9 Å². The van der Waals surface area contributed by atoms with Gasteiger partial charge in [0.25, 0.3) is 0 Å². The Morgan fingerprint density at radius 3 is 2.59 bits per heavy atom. The summed E-state index contributed by atoms with van der Waals surface area (Å²) < 4.78 is 5.24. The van der Waals surface area contributed by atoms with Crippen LogP contribution in [0.1, 0.15) is 32.3 Å². The Hall–Kier alpha value is -2.04. The van der Waals surface area contributed by atoms with Crippen LogP contribution < -0.4 is 10.1 Å². The Morgan fingerprint density at radius 1 is 1.32 bits per heavy atom. The van der Waals surface area contributed by atoms with Crippen LogP contribution in [-0.2, 0) is 16.0 Å². The first kappa shape index (κ1) is 18.0. The van der Waals surface area contributed by atoms with Crippen molar-refractivity contribution in [1.82, 2.24) is 5.32 Å². The molecule has 0 heterocycles. The molecule has 1 aromatic rings. The molecule has 122 valence electrons. The number of amides is 1. The first-order valence-corrected chi connectivity index (χ1v) is 7.59. The molecule has 2 N–H and O–H groups in total. The van der Waals surface area contributed by atoms with Gasteiger partial charge < -0.3 is 15.2 Å². The molecule has 1 amide bonds. The second kappa shape index (κ2) is 9.07. The molecule has 5 heteroatoms. The minimum Gasteiger partial charge on any atom is -0.496 e. The first-order valence-electron chi connectivity index (χ1n) is 7.59. The predicted molar refractivity (Wildman–Crippen MR) is 84.9 cm³/mol. The number of carbonyl (C=O) groups is 2. The minimum atomic E-state index is -0.922. The maximum absolute atomic E-state index is 11.8. The number of nitrogens with one attached hydrogen (secondary N) is 1. The van der Waals surface area contributed by atoms with Crippen molar-refractivity contribution in [2.24, 2.45) is 11.8 Å². The van der Waals surface area contributed by atoms with Crippen molar-refractivity contribution in [3.05, 3.63) is 29.8 Å². The van der Waals surface area contributed by atoms with Crippen molar-refractivity contribution in [2.75, 3.05) is 13.7 Å². The van der Waals surface area contributed by atoms with Crippen molar-refractivity contribution in [3.8, 4) is 5.75 Å². The second-order valence-corrected chi connectivity index (χ2v) is 5.57. The molecular formula is C17H25NO4. The number of rotatable bonds is 9. The molecule has 0 spiro atoms. The van der Waals surface area contributed by atoms with E-state index in [-0.39, 0.29) is 12.5 Å². The summed E-state index contributed by atoms with van der Waals surface area (Å²) in [6.07, 6.45) is 1.68. The quantitative estimate of drug-likeness (QED) is 0.735. The standard InChI is InChI=1S/C17H25NO4/c1-4-12(2)9-16(19)18-11-14(17(20)21)10-13-7-5-6-8-15(13)22-3/h5-8,12,14H,4,9-11H2,1-3H3,(H,18,19)(H,20,21). The molecule has 0 aromatic heterocycles. The van der Waals surface area contributed by atoms with E-state index in [1.165, 1.54) is 0 Å². The van der Waals surface area contributed by atoms with Crippen molar-refractivity contribution in [2.45, 2.75) is 33.1 Å². The Kier molecular flexibility index (Phi) is 7.43. The Bertz CT molecular complexity index is 501. The van der Waals surface area contributed by atoms with E-state index in [0.717, 1.165) is 12.0 Å². The van der Waals surface area contributed by atoms with Gasteiger partial charge in [-0.05, 0) is 24.0 Å². The molecule has 22 heavy (non-hydrogen) atoms. The number of hydrogen-bond donors (Lipinski definition) is 2. The Morgan fingerprint density at radius 2 is 2.00 bits per heavy atom. The summed E-state index contributed by atoms with van der Waals surface area (Å²) in [7, 11) is 1.56. The Balaban J connectivity index is 2.63. The number of carbonyl (C=O) groups excluding carboxylic acids is 1. The fourth-order valence-corrected chi connectivity index (χ4v) is 2.15. The largest absolute Gasteiger partial charge is 0.496 e. The highest BCUT2D eigenvalue weighted by Gasteiger charge is 2.21. The number of aliphatic carboxylic acids is 1. The molecule has 2 atom stereocenters. The topological polar surface area (TPSA) is 75.6 Å². The van der Waals surface area contributed by atoms with Gasteiger partial charge in [0.1, 0.15) is 5.75 Å². The van der Waals surface area contributed by atoms with Crippen LogP contribution in [-0.4, -0.2) is 30.6 Å². The molecule has 0 aliphatic rings. The lowest BCUT2D eigenvalue weighted by molar-refractivity contribution is -0.141. The zero-order chi connectivity index (χ0) is 16.5. The number of hydrogen-bond acceptors (Lipinski definition) is 3. The average Bonchev–Trinajstić information content (AvgIpc) is 2.51. The monoisotopic (exact) mass is 307 g/mol. The van der Waals surface area contributed by atoms with E-state index in [4.69, 9.17) is 4.74 Å². The summed E-state index contributed by atoms with van der Waals surface area (Å²) in [6, 6.07) is 7.33. The molecular weight excluding hydrogens is 282 g/mol. The molecule has 0 aliphatic carbocycles. The molecule has 5 nitrogen and oxygen atoms in total. The van der Waals surface area contributed by atoms with E-state index in [0.29, 0.717) is 24.5 Å². The number of benzene rings is 1. The van der Waals surface area contributed by atoms with E-state index in [1.54, 1.807) is 13.2 Å². The zero-order valence-electron chi connectivity index (χ0n) is 13.5. The van der Waals surface area contributed by atoms with Crippen LogP contribution >= 0.6 is 0 Å². The minimum absolute atomic E-state index is 0.0966. The van der Waals surface area contributed by atoms with Gasteiger partial charge in [0.15, 0.2) is 0 Å². The fraction of sp³-hybridized carbons (Fsp3) is 0.529. The summed E-state index contributed by atoms with van der Waals surface area (Å²) >= 11 is 0. The van der Waals surface area contributed by atoms with Crippen LogP contribution in [0.3, 0.4) is 0 Å². The van der Waals surface area contributed by atoms with Gasteiger partial charge in [-0.2, -0.15) is 0 Å². The van der Waals surface area contributed by atoms with E-state index >= 15 is 0 Å². The molecule has 0 aliphatic heterocycles. The molecule has 0 fully saturated rings. The number of carboxylic acid groups (broad SMARTS) is 1. The molecule has 1 aromatic carbocycles. The van der Waals surface area contributed by atoms with Crippen molar-refractivity contribution in [3.63, 3.8) is 0 Å². The van der Waals surface area contributed by atoms with Crippen LogP contribution in [0.4, 0.5) is 0 Å². The van der Waals surface area contributed by atoms with Crippen LogP contribution in [0.2, 0.25) is 0 Å². The second-order valence-electron chi connectivity index (χ2n) is 5.57. The normalized spacial score (nSPS) is 13.2. The zero-order valence-corrected chi connectivity index (χ0v) is 13.5. The van der Waals surface area contributed by atoms with Gasteiger partial charge in [0.05, 0.1) is 13.0 Å². The molecule has 0 saturated heterocycles. The van der Waals surface area contributed by atoms with Crippen LogP contribution in [0, 0.1) is 11.8 Å². The van der Waals surface area contributed by atoms with E-state index in [1.807, 2.05) is 32.0 Å². The highest BCUT2D eigenvalue weighted by molar-refractivity contribution is 5.77. The highest BCUT2D eigenvalue weighted by atomic mass is 16.5. The van der Waals surface area contributed by atoms with Crippen molar-refractivity contribution < 1.29 is 19.4 Å². The number of para-hydroxylation sites is 1. The molecule has 0 bridgehead atoms. The molecule has 0 saturated carbocycles. The third-order valence-electron chi connectivity index (χ3n) is 3.78. The van der Waals surface area contributed by atoms with Gasteiger partial charge in [-0.25, -0.2) is 0 Å². The SMILES string of the molecule is CCC(C)CC(=O)NCC(Cc1ccccc1OC)C(=O)O. The lowest BCUT2D eigenvalue weighted by Gasteiger charge is -2.16. The molecule has 1 rings (SSSR count). The summed E-state index contributed by atoms with van der Waals surface area (Å²) in [5.41, 5.74) is 0.827. The fourth-order valence-electron chi connectivity index (χ4n) is 2.15. The number of carboxylic acids is 1. The average molecular weight is 307 g/mol. The lowest BCUT2D eigenvalue weighted by Crippen LogP contribution is -2.34. The predicted octanol–water partition coefficient (Wildman–Crippen LogP) is 2.49. The van der Waals surface area contributed by atoms with Gasteiger partial charge in [-0.3, -0.25) is 9.59 Å². The third kappa shape index (κ3) is 5.76. The van der Waals surface area contributed by atoms with Crippen LogP contribution in [0.5, 0.6) is 5.75 Å². The van der Waals surface area contributed by atoms with Crippen molar-refractivity contribution in [1.29, 1.82) is 0 Å². The van der Waals surface area contributed by atoms with Gasteiger partial charge >= 0.3 is 5.97 Å². The Labute approximate surface area is 131 Å². The van der Waals surface area contributed by atoms with Crippen LogP contribution in [0.25, 0.3) is 0 Å². The van der Waals surface area contributed by atoms with Gasteiger partial charge in [-0.15, -0.1) is 0 Å². The lowest BCUT2D eigenvalue weighted by atomic mass is 9.98. The van der Waals surface area contributed by atoms with E-state index < -0.39 is 11.9 Å². The first-order chi connectivity index (χ1) is 10.5. The maximum Gasteiger partial charge on any atom is 0.308 e. The maximum atomic E-state index is 11.8. The molecule has 2 unspecified atom stereocenters. The number of methoxy groups -OCH3 is 1. The molecule has 0 radical (unpaired) electrons. The van der Waals surface area contributed by atoms with Gasteiger partial charge in [0.2, 0.25) is 5.91 Å². The number of ether oxygens (including phenoxy) is 1. The smallest absolute Gasteiger partial charge is 0.308 e. The van der Waals surface area contributed by atoms with Crippen LogP contribution in [0.15, 0.2) is 24.3 Å². The summed E-state index contributed by atoms with van der Waals surface area (Å²) in [5, 5.41) is 12.1. The van der Waals surface area contributed by atoms with E-state index in [2.05, 4.69) is 5.32 Å². The van der Waals surface area contributed by atoms with Gasteiger partial charge in [-0.1, -0.05) is 38.5 Å².